The summed E-state index contributed by atoms with van der Waals surface area (Å²) in [5, 5.41) is 18.5. The number of fused-ring (bicyclic) bond motifs is 2. The van der Waals surface area contributed by atoms with Gasteiger partial charge in [0.1, 0.15) is 6.07 Å². The maximum absolute atomic E-state index is 9.53. The van der Waals surface area contributed by atoms with Crippen LogP contribution in [0.5, 0.6) is 0 Å². The molecule has 0 aliphatic heterocycles. The molecule has 0 saturated heterocycles. The number of aryl methyl sites for hydroxylation is 1. The molecule has 0 aromatic carbocycles. The van der Waals surface area contributed by atoms with Crippen LogP contribution in [0, 0.1) is 17.2 Å². The Kier molecular flexibility index (Phi) is 4.46. The average molecular weight is 407 g/mol. The van der Waals surface area contributed by atoms with E-state index < -0.39 is 0 Å². The van der Waals surface area contributed by atoms with Crippen molar-refractivity contribution in [2.24, 2.45) is 5.92 Å². The second-order valence-corrected chi connectivity index (χ2v) is 9.27. The molecule has 0 amide bonds. The first-order chi connectivity index (χ1) is 13.7. The Morgan fingerprint density at radius 2 is 2.32 bits per heavy atom. The van der Waals surface area contributed by atoms with Gasteiger partial charge in [-0.05, 0) is 54.5 Å². The molecule has 28 heavy (non-hydrogen) atoms. The summed E-state index contributed by atoms with van der Waals surface area (Å²) >= 11 is 3.24. The zero-order valence-electron chi connectivity index (χ0n) is 15.4. The van der Waals surface area contributed by atoms with E-state index >= 15 is 0 Å². The van der Waals surface area contributed by atoms with Crippen molar-refractivity contribution in [3.63, 3.8) is 0 Å². The Labute approximate surface area is 171 Å². The fourth-order valence-electron chi connectivity index (χ4n) is 3.73. The number of thioether (sulfide) groups is 1. The zero-order chi connectivity index (χ0) is 19.1. The molecule has 0 radical (unpaired) electrons. The third kappa shape index (κ3) is 3.13. The number of thiophene rings is 1. The largest absolute Gasteiger partial charge is 0.410 e. The standard InChI is InChI=1S/C21H18N4OS2/c1-13-5-6-18-14(8-13)9-19(28-18)20-23-24-21(26-20)27-12-15-11-25-7-3-2-4-17(25)16(15)10-22/h2-4,7,9,11,13H,5-6,8,12H2,1H3. The predicted octanol–water partition coefficient (Wildman–Crippen LogP) is 5.34. The van der Waals surface area contributed by atoms with E-state index in [9.17, 15) is 5.26 Å². The van der Waals surface area contributed by atoms with Crippen LogP contribution in [0.2, 0.25) is 0 Å². The number of hydrogen-bond acceptors (Lipinski definition) is 6. The molecule has 0 spiro atoms. The smallest absolute Gasteiger partial charge is 0.277 e. The van der Waals surface area contributed by atoms with E-state index in [1.807, 2.05) is 35.0 Å². The van der Waals surface area contributed by atoms with Crippen molar-refractivity contribution in [1.29, 1.82) is 5.26 Å². The van der Waals surface area contributed by atoms with Crippen molar-refractivity contribution in [2.45, 2.75) is 37.2 Å². The quantitative estimate of drug-likeness (QED) is 0.428. The number of hydrogen-bond donors (Lipinski definition) is 0. The predicted molar refractivity (Wildman–Crippen MR) is 110 cm³/mol. The van der Waals surface area contributed by atoms with Gasteiger partial charge in [0.05, 0.1) is 16.0 Å². The third-order valence-corrected chi connectivity index (χ3v) is 7.26. The van der Waals surface area contributed by atoms with E-state index in [4.69, 9.17) is 4.42 Å². The van der Waals surface area contributed by atoms with Crippen LogP contribution in [0.25, 0.3) is 16.3 Å². The van der Waals surface area contributed by atoms with Crippen LogP contribution < -0.4 is 0 Å². The minimum absolute atomic E-state index is 0.536. The molecule has 1 aliphatic carbocycles. The first kappa shape index (κ1) is 17.5. The van der Waals surface area contributed by atoms with Gasteiger partial charge in [-0.25, -0.2) is 0 Å². The van der Waals surface area contributed by atoms with Crippen LogP contribution in [0.4, 0.5) is 0 Å². The van der Waals surface area contributed by atoms with Gasteiger partial charge in [-0.3, -0.25) is 0 Å². The highest BCUT2D eigenvalue weighted by atomic mass is 32.2. The van der Waals surface area contributed by atoms with Crippen LogP contribution in [-0.2, 0) is 18.6 Å². The second-order valence-electron chi connectivity index (χ2n) is 7.20. The van der Waals surface area contributed by atoms with E-state index in [0.29, 0.717) is 22.4 Å². The Morgan fingerprint density at radius 3 is 3.21 bits per heavy atom. The van der Waals surface area contributed by atoms with Gasteiger partial charge < -0.3 is 8.82 Å². The highest BCUT2D eigenvalue weighted by Gasteiger charge is 2.21. The number of rotatable bonds is 4. The minimum Gasteiger partial charge on any atom is -0.410 e. The Bertz CT molecular complexity index is 1200. The molecule has 7 heteroatoms. The summed E-state index contributed by atoms with van der Waals surface area (Å²) < 4.78 is 7.88. The van der Waals surface area contributed by atoms with Crippen LogP contribution in [0.3, 0.4) is 0 Å². The number of aromatic nitrogens is 3. The van der Waals surface area contributed by atoms with E-state index in [0.717, 1.165) is 34.7 Å². The maximum Gasteiger partial charge on any atom is 0.277 e. The van der Waals surface area contributed by atoms with E-state index in [-0.39, 0.29) is 0 Å². The van der Waals surface area contributed by atoms with E-state index in [1.165, 1.54) is 28.6 Å². The normalized spacial score (nSPS) is 16.2. The fraction of sp³-hybridized carbons (Fsp3) is 0.286. The van der Waals surface area contributed by atoms with Gasteiger partial charge in [-0.15, -0.1) is 21.5 Å². The Balaban J connectivity index is 1.35. The summed E-state index contributed by atoms with van der Waals surface area (Å²) in [6, 6.07) is 10.4. The third-order valence-electron chi connectivity index (χ3n) is 5.17. The molecule has 4 aromatic heterocycles. The monoisotopic (exact) mass is 406 g/mol. The van der Waals surface area contributed by atoms with Gasteiger partial charge >= 0.3 is 0 Å². The van der Waals surface area contributed by atoms with Crippen LogP contribution in [0.15, 0.2) is 46.3 Å². The molecular weight excluding hydrogens is 388 g/mol. The molecular formula is C21H18N4OS2. The zero-order valence-corrected chi connectivity index (χ0v) is 17.0. The van der Waals surface area contributed by atoms with Crippen molar-refractivity contribution in [3.05, 3.63) is 58.2 Å². The van der Waals surface area contributed by atoms with Crippen molar-refractivity contribution < 1.29 is 4.42 Å². The SMILES string of the molecule is CC1CCc2sc(-c3nnc(SCc4cn5ccccc5c4C#N)o3)cc2C1. The van der Waals surface area contributed by atoms with Crippen LogP contribution >= 0.6 is 23.1 Å². The van der Waals surface area contributed by atoms with E-state index in [1.54, 1.807) is 11.3 Å². The first-order valence-electron chi connectivity index (χ1n) is 9.28. The van der Waals surface area contributed by atoms with Gasteiger partial charge in [0.15, 0.2) is 0 Å². The lowest BCUT2D eigenvalue weighted by molar-refractivity contribution is 0.466. The average Bonchev–Trinajstić information content (AvgIpc) is 3.41. The van der Waals surface area contributed by atoms with Gasteiger partial charge in [0.25, 0.3) is 11.1 Å². The number of nitrogens with zero attached hydrogens (tertiary/aromatic N) is 4. The lowest BCUT2D eigenvalue weighted by Crippen LogP contribution is -2.07. The van der Waals surface area contributed by atoms with Crippen molar-refractivity contribution in [2.75, 3.05) is 0 Å². The Hall–Kier alpha value is -2.56. The van der Waals surface area contributed by atoms with Gasteiger partial charge in [0.2, 0.25) is 0 Å². The summed E-state index contributed by atoms with van der Waals surface area (Å²) in [4.78, 5) is 2.52. The molecule has 0 bridgehead atoms. The first-order valence-corrected chi connectivity index (χ1v) is 11.1. The topological polar surface area (TPSA) is 67.1 Å². The summed E-state index contributed by atoms with van der Waals surface area (Å²) in [5.74, 6) is 1.96. The maximum atomic E-state index is 9.53. The summed E-state index contributed by atoms with van der Waals surface area (Å²) in [6.45, 7) is 2.31. The molecule has 4 heterocycles. The highest BCUT2D eigenvalue weighted by Crippen LogP contribution is 2.37. The molecule has 1 atom stereocenters. The molecule has 4 aromatic rings. The summed E-state index contributed by atoms with van der Waals surface area (Å²) in [7, 11) is 0. The molecule has 140 valence electrons. The summed E-state index contributed by atoms with van der Waals surface area (Å²) in [5.41, 5.74) is 4.03. The van der Waals surface area contributed by atoms with Gasteiger partial charge in [0, 0.05) is 23.0 Å². The summed E-state index contributed by atoms with van der Waals surface area (Å²) in [6.07, 6.45) is 7.49. The van der Waals surface area contributed by atoms with Crippen molar-refractivity contribution in [1.82, 2.24) is 14.6 Å². The molecule has 1 aliphatic rings. The second kappa shape index (κ2) is 7.12. The van der Waals surface area contributed by atoms with Gasteiger partial charge in [-0.1, -0.05) is 24.8 Å². The molecule has 1 unspecified atom stereocenters. The van der Waals surface area contributed by atoms with Crippen LogP contribution in [-0.4, -0.2) is 14.6 Å². The molecule has 0 N–H and O–H groups in total. The van der Waals surface area contributed by atoms with E-state index in [2.05, 4.69) is 29.3 Å². The minimum atomic E-state index is 0.536. The fourth-order valence-corrected chi connectivity index (χ4v) is 5.60. The Morgan fingerprint density at radius 1 is 1.39 bits per heavy atom. The van der Waals surface area contributed by atoms with Crippen LogP contribution in [0.1, 0.15) is 34.9 Å². The van der Waals surface area contributed by atoms with Crippen molar-refractivity contribution in [3.8, 4) is 16.8 Å². The lowest BCUT2D eigenvalue weighted by Gasteiger charge is -2.16. The molecule has 5 nitrogen and oxygen atoms in total. The molecule has 0 saturated carbocycles. The van der Waals surface area contributed by atoms with Crippen molar-refractivity contribution >= 4 is 28.6 Å². The molecule has 5 rings (SSSR count). The van der Waals surface area contributed by atoms with Gasteiger partial charge in [-0.2, -0.15) is 5.26 Å². The number of nitriles is 1. The lowest BCUT2D eigenvalue weighted by atomic mass is 9.90. The molecule has 0 fully saturated rings. The number of pyridine rings is 1. The highest BCUT2D eigenvalue weighted by molar-refractivity contribution is 7.98.